The molecule has 0 spiro atoms. The summed E-state index contributed by atoms with van der Waals surface area (Å²) in [7, 11) is 0. The predicted molar refractivity (Wildman–Crippen MR) is 342 cm³/mol. The van der Waals surface area contributed by atoms with E-state index in [1.807, 2.05) is 36.8 Å². The molecule has 0 aliphatic rings. The van der Waals surface area contributed by atoms with Gasteiger partial charge in [0.25, 0.3) is 0 Å². The maximum absolute atomic E-state index is 4.79. The minimum Gasteiger partial charge on any atom is -0.309 e. The van der Waals surface area contributed by atoms with Crippen molar-refractivity contribution in [2.75, 3.05) is 0 Å². The second-order valence-electron chi connectivity index (χ2n) is 23.5. The summed E-state index contributed by atoms with van der Waals surface area (Å²) in [5, 5.41) is 2.36. The van der Waals surface area contributed by atoms with Crippen LogP contribution < -0.4 is 0 Å². The molecule has 0 N–H and O–H groups in total. The van der Waals surface area contributed by atoms with E-state index in [0.717, 1.165) is 123 Å². The Bertz CT molecular complexity index is 4340. The second-order valence-corrected chi connectivity index (χ2v) is 23.5. The molecule has 13 aromatic rings. The number of hydrogen-bond acceptors (Lipinski definition) is 3. The maximum Gasteiger partial charge on any atom is 3.00 e. The Labute approximate surface area is 501 Å². The molecule has 4 nitrogen and oxygen atoms in total. The van der Waals surface area contributed by atoms with Gasteiger partial charge in [0.2, 0.25) is 0 Å². The molecule has 0 fully saturated rings. The minimum atomic E-state index is -0.0000706. The summed E-state index contributed by atoms with van der Waals surface area (Å²) in [5.41, 5.74) is 25.9. The molecule has 13 rings (SSSR count). The molecule has 402 valence electrons. The molecule has 0 saturated heterocycles. The molecule has 9 aromatic carbocycles. The van der Waals surface area contributed by atoms with Crippen LogP contribution in [0.15, 0.2) is 243 Å². The van der Waals surface area contributed by atoms with Gasteiger partial charge in [-0.2, -0.15) is 0 Å². The van der Waals surface area contributed by atoms with Gasteiger partial charge in [0, 0.05) is 35.1 Å². The number of fused-ring (bicyclic) bond motifs is 3. The van der Waals surface area contributed by atoms with Crippen LogP contribution in [0.25, 0.3) is 128 Å². The third kappa shape index (κ3) is 10.7. The first kappa shape index (κ1) is 54.5. The number of aromatic nitrogens is 4. The van der Waals surface area contributed by atoms with Gasteiger partial charge in [0.05, 0.1) is 11.0 Å². The summed E-state index contributed by atoms with van der Waals surface area (Å²) in [6.45, 7) is 15.6. The number of rotatable bonds is 10. The Balaban J connectivity index is 0.00000680. The second kappa shape index (κ2) is 22.3. The summed E-state index contributed by atoms with van der Waals surface area (Å²) < 4.78 is 2.41. The number of pyridine rings is 3. The number of para-hydroxylation sites is 2. The van der Waals surface area contributed by atoms with E-state index in [1.54, 1.807) is 0 Å². The zero-order chi connectivity index (χ0) is 56.1. The van der Waals surface area contributed by atoms with E-state index in [-0.39, 0.29) is 30.9 Å². The molecule has 0 aliphatic heterocycles. The molecule has 0 saturated carbocycles. The van der Waals surface area contributed by atoms with Crippen molar-refractivity contribution in [2.24, 2.45) is 0 Å². The Morgan fingerprint density at radius 3 is 1.35 bits per heavy atom. The van der Waals surface area contributed by atoms with Crippen LogP contribution in [0.5, 0.6) is 0 Å². The van der Waals surface area contributed by atoms with Crippen LogP contribution in [0.3, 0.4) is 0 Å². The monoisotopic (exact) mass is 1250 g/mol. The smallest absolute Gasteiger partial charge is 0.309 e. The zero-order valence-corrected chi connectivity index (χ0v) is 50.1. The van der Waals surface area contributed by atoms with Crippen molar-refractivity contribution >= 4 is 21.8 Å². The summed E-state index contributed by atoms with van der Waals surface area (Å²) in [6.07, 6.45) is 5.67. The molecule has 0 aliphatic carbocycles. The van der Waals surface area contributed by atoms with Crippen molar-refractivity contribution in [1.82, 2.24) is 19.5 Å². The van der Waals surface area contributed by atoms with Gasteiger partial charge in [-0.25, -0.2) is 0 Å². The van der Waals surface area contributed by atoms with E-state index < -0.39 is 0 Å². The molecule has 0 unspecified atom stereocenters. The topological polar surface area (TPSA) is 43.6 Å². The number of hydrogen-bond donors (Lipinski definition) is 0. The standard InChI is InChI=1S/C78H61N4.Ir/c1-51-43-56(72-26-17-18-40-79-72)36-37-63(51)70-50-76-71(68-25-15-16-27-75(68)82(76)62-19-9-8-10-20-62)49-69(70)59-45-57(66-23-13-11-21-64(66)52-28-32-54(33-29-52)73-47-60(38-41-80-73)77(2,3)4)44-58(46-59)67-24-14-12-22-65(67)53-30-34-55(35-31-53)74-48-61(39-42-81-74)78(5,6)7;/h8-32,34,37-50H,1-7H3;/q-3;+3. The first-order chi connectivity index (χ1) is 39.8. The predicted octanol–water partition coefficient (Wildman–Crippen LogP) is 20.3. The molecule has 0 bridgehead atoms. The first-order valence-electron chi connectivity index (χ1n) is 28.2. The fourth-order valence-electron chi connectivity index (χ4n) is 11.6. The molecule has 4 aromatic heterocycles. The summed E-state index contributed by atoms with van der Waals surface area (Å²) >= 11 is 0. The van der Waals surface area contributed by atoms with Crippen molar-refractivity contribution in [3.05, 3.63) is 278 Å². The van der Waals surface area contributed by atoms with Gasteiger partial charge in [0.15, 0.2) is 0 Å². The van der Waals surface area contributed by atoms with Gasteiger partial charge in [0.1, 0.15) is 0 Å². The van der Waals surface area contributed by atoms with Gasteiger partial charge in [-0.1, -0.05) is 191 Å². The zero-order valence-electron chi connectivity index (χ0n) is 47.7. The van der Waals surface area contributed by atoms with E-state index in [0.29, 0.717) is 0 Å². The quantitative estimate of drug-likeness (QED) is 0.128. The molecule has 0 atom stereocenters. The van der Waals surface area contributed by atoms with E-state index in [1.165, 1.54) is 21.9 Å². The van der Waals surface area contributed by atoms with Gasteiger partial charge in [-0.15, -0.1) is 89.0 Å². The summed E-state index contributed by atoms with van der Waals surface area (Å²) in [6, 6.07) is 92.1. The Kier molecular flexibility index (Phi) is 14.6. The van der Waals surface area contributed by atoms with Gasteiger partial charge in [-0.05, 0) is 139 Å². The summed E-state index contributed by atoms with van der Waals surface area (Å²) in [4.78, 5) is 14.3. The molecule has 4 heterocycles. The van der Waals surface area contributed by atoms with Crippen molar-refractivity contribution in [3.8, 4) is 106 Å². The Morgan fingerprint density at radius 2 is 0.831 bits per heavy atom. The van der Waals surface area contributed by atoms with E-state index in [2.05, 4.69) is 277 Å². The maximum atomic E-state index is 4.79. The van der Waals surface area contributed by atoms with Gasteiger partial charge >= 0.3 is 20.1 Å². The first-order valence-corrected chi connectivity index (χ1v) is 28.2. The van der Waals surface area contributed by atoms with Crippen LogP contribution in [0.1, 0.15) is 58.2 Å². The number of nitrogens with zero attached hydrogens (tertiary/aromatic N) is 4. The number of benzene rings is 9. The van der Waals surface area contributed by atoms with E-state index in [9.17, 15) is 0 Å². The van der Waals surface area contributed by atoms with E-state index >= 15 is 0 Å². The molecule has 5 heteroatoms. The van der Waals surface area contributed by atoms with E-state index in [4.69, 9.17) is 15.0 Å². The van der Waals surface area contributed by atoms with Crippen molar-refractivity contribution in [1.29, 1.82) is 0 Å². The minimum absolute atomic E-state index is 0. The van der Waals surface area contributed by atoms with Gasteiger partial charge in [-0.3, -0.25) is 0 Å². The van der Waals surface area contributed by atoms with Crippen LogP contribution in [-0.4, -0.2) is 19.5 Å². The largest absolute Gasteiger partial charge is 3.00 e. The van der Waals surface area contributed by atoms with Crippen molar-refractivity contribution < 1.29 is 20.1 Å². The average Bonchev–Trinajstić information content (AvgIpc) is 3.66. The van der Waals surface area contributed by atoms with Crippen molar-refractivity contribution in [2.45, 2.75) is 59.3 Å². The van der Waals surface area contributed by atoms with Gasteiger partial charge < -0.3 is 19.5 Å². The molecular formula is C78H61IrN4. The fourth-order valence-corrected chi connectivity index (χ4v) is 11.6. The normalized spacial score (nSPS) is 11.7. The fraction of sp³-hybridized carbons (Fsp3) is 0.115. The molecule has 83 heavy (non-hydrogen) atoms. The molecule has 0 amide bonds. The van der Waals surface area contributed by atoms with Crippen LogP contribution >= 0.6 is 0 Å². The van der Waals surface area contributed by atoms with Crippen LogP contribution in [-0.2, 0) is 30.9 Å². The molecular weight excluding hydrogens is 1190 g/mol. The van der Waals surface area contributed by atoms with Crippen LogP contribution in [0.2, 0.25) is 0 Å². The Hall–Kier alpha value is -9.12. The molecule has 0 radical (unpaired) electrons. The van der Waals surface area contributed by atoms with Crippen LogP contribution in [0, 0.1) is 25.1 Å². The Morgan fingerprint density at radius 1 is 0.337 bits per heavy atom. The third-order valence-electron chi connectivity index (χ3n) is 16.0. The van der Waals surface area contributed by atoms with Crippen molar-refractivity contribution in [3.63, 3.8) is 0 Å². The number of aryl methyl sites for hydroxylation is 1. The summed E-state index contributed by atoms with van der Waals surface area (Å²) in [5.74, 6) is 0. The average molecular weight is 1250 g/mol. The third-order valence-corrected chi connectivity index (χ3v) is 16.0. The van der Waals surface area contributed by atoms with Crippen LogP contribution in [0.4, 0.5) is 0 Å². The SMILES string of the molecule is Cc1cc(-c2ccccn2)[c-]cc1-c1cc2c(cc1-c1cc(-c3ccccc3-c3c[c-]c(-c4cc(C(C)(C)C)ccn4)cc3)cc(-c3ccccc3-c3c[c-]c(-c4cc(C(C)(C)C)ccn4)cc3)c1)c1ccccc1n2-c1ccccc1.[Ir+3].